The van der Waals surface area contributed by atoms with Gasteiger partial charge in [0.25, 0.3) is 0 Å². The van der Waals surface area contributed by atoms with Crippen LogP contribution in [0.15, 0.2) is 24.3 Å². The van der Waals surface area contributed by atoms with E-state index in [1.807, 2.05) is 6.92 Å². The third kappa shape index (κ3) is 6.36. The molecule has 1 amide bonds. The second kappa shape index (κ2) is 10.4. The van der Waals surface area contributed by atoms with E-state index in [0.717, 1.165) is 76.2 Å². The van der Waals surface area contributed by atoms with E-state index in [1.54, 1.807) is 12.1 Å². The van der Waals surface area contributed by atoms with Gasteiger partial charge in [-0.25, -0.2) is 0 Å². The van der Waals surface area contributed by atoms with E-state index in [9.17, 15) is 23.2 Å². The summed E-state index contributed by atoms with van der Waals surface area (Å²) in [6.45, 7) is 6.04. The average Bonchev–Trinajstić information content (AvgIpc) is 2.78. The first-order valence-electron chi connectivity index (χ1n) is 11.1. The molecule has 1 aliphatic carbocycles. The van der Waals surface area contributed by atoms with Crippen LogP contribution in [-0.4, -0.2) is 49.6 Å². The molecular formula is C23H31F3N4O. The Bertz CT molecular complexity index is 767. The third-order valence-corrected chi connectivity index (χ3v) is 6.59. The Morgan fingerprint density at radius 1 is 1.16 bits per heavy atom. The number of halogens is 3. The molecule has 3 atom stereocenters. The van der Waals surface area contributed by atoms with E-state index in [2.05, 4.69) is 21.2 Å². The summed E-state index contributed by atoms with van der Waals surface area (Å²) >= 11 is 0. The number of anilines is 1. The molecule has 1 heterocycles. The predicted molar refractivity (Wildman–Crippen MR) is 113 cm³/mol. The van der Waals surface area contributed by atoms with Gasteiger partial charge in [0, 0.05) is 44.3 Å². The number of hydrogen-bond acceptors (Lipinski definition) is 4. The van der Waals surface area contributed by atoms with Crippen molar-refractivity contribution in [3.05, 3.63) is 29.8 Å². The average molecular weight is 437 g/mol. The molecule has 0 bridgehead atoms. The summed E-state index contributed by atoms with van der Waals surface area (Å²) in [6.07, 6.45) is -0.259. The molecule has 0 spiro atoms. The molecule has 31 heavy (non-hydrogen) atoms. The highest BCUT2D eigenvalue weighted by Gasteiger charge is 2.32. The number of hydrogen-bond donors (Lipinski definition) is 1. The van der Waals surface area contributed by atoms with Crippen molar-refractivity contribution < 1.29 is 18.0 Å². The molecule has 1 aromatic carbocycles. The lowest BCUT2D eigenvalue weighted by Crippen LogP contribution is -2.47. The number of nitrogens with zero attached hydrogens (tertiary/aromatic N) is 3. The minimum absolute atomic E-state index is 0.0238. The van der Waals surface area contributed by atoms with E-state index >= 15 is 0 Å². The predicted octanol–water partition coefficient (Wildman–Crippen LogP) is 4.05. The molecule has 1 saturated heterocycles. The van der Waals surface area contributed by atoms with E-state index in [1.165, 1.54) is 0 Å². The highest BCUT2D eigenvalue weighted by molar-refractivity contribution is 5.75. The first kappa shape index (κ1) is 23.4. The Balaban J connectivity index is 1.43. The van der Waals surface area contributed by atoms with Crippen LogP contribution in [0.1, 0.15) is 44.6 Å². The number of piperazine rings is 1. The molecule has 3 rings (SSSR count). The van der Waals surface area contributed by atoms with Gasteiger partial charge in [-0.15, -0.1) is 0 Å². The fourth-order valence-corrected chi connectivity index (χ4v) is 4.64. The number of carbonyl (C=O) groups excluding carboxylic acids is 1. The van der Waals surface area contributed by atoms with Crippen molar-refractivity contribution >= 4 is 11.6 Å². The fourth-order valence-electron chi connectivity index (χ4n) is 4.64. The van der Waals surface area contributed by atoms with Gasteiger partial charge in [-0.3, -0.25) is 9.69 Å². The molecule has 0 radical (unpaired) electrons. The highest BCUT2D eigenvalue weighted by Crippen LogP contribution is 2.33. The second-order valence-electron chi connectivity index (χ2n) is 8.59. The van der Waals surface area contributed by atoms with E-state index in [-0.39, 0.29) is 17.9 Å². The quantitative estimate of drug-likeness (QED) is 0.731. The zero-order valence-corrected chi connectivity index (χ0v) is 18.0. The van der Waals surface area contributed by atoms with Crippen molar-refractivity contribution in [2.45, 2.75) is 51.2 Å². The molecule has 1 aliphatic heterocycles. The Morgan fingerprint density at radius 3 is 2.42 bits per heavy atom. The lowest BCUT2D eigenvalue weighted by atomic mass is 9.76. The minimum Gasteiger partial charge on any atom is -0.369 e. The van der Waals surface area contributed by atoms with Gasteiger partial charge in [-0.1, -0.05) is 6.92 Å². The fraction of sp³-hybridized carbons (Fsp3) is 0.652. The number of nitrogens with one attached hydrogen (secondary N) is 1. The molecule has 1 saturated carbocycles. The van der Waals surface area contributed by atoms with E-state index in [0.29, 0.717) is 12.3 Å². The lowest BCUT2D eigenvalue weighted by molar-refractivity contribution is -0.137. The Morgan fingerprint density at radius 2 is 1.84 bits per heavy atom. The lowest BCUT2D eigenvalue weighted by Gasteiger charge is -2.38. The Labute approximate surface area is 182 Å². The number of alkyl halides is 3. The summed E-state index contributed by atoms with van der Waals surface area (Å²) in [5.74, 6) is 0.378. The van der Waals surface area contributed by atoms with Gasteiger partial charge >= 0.3 is 6.18 Å². The molecule has 3 unspecified atom stereocenters. The number of benzene rings is 1. The second-order valence-corrected chi connectivity index (χ2v) is 8.59. The molecule has 1 N–H and O–H groups in total. The van der Waals surface area contributed by atoms with Crippen LogP contribution in [0.4, 0.5) is 18.9 Å². The van der Waals surface area contributed by atoms with Crippen LogP contribution in [0.5, 0.6) is 0 Å². The van der Waals surface area contributed by atoms with Crippen LogP contribution < -0.4 is 10.2 Å². The molecule has 1 aromatic rings. The van der Waals surface area contributed by atoms with E-state index in [4.69, 9.17) is 0 Å². The Kier molecular flexibility index (Phi) is 7.82. The summed E-state index contributed by atoms with van der Waals surface area (Å²) in [4.78, 5) is 16.1. The van der Waals surface area contributed by atoms with Crippen molar-refractivity contribution in [2.24, 2.45) is 11.8 Å². The van der Waals surface area contributed by atoms with Crippen LogP contribution in [-0.2, 0) is 11.0 Å². The van der Waals surface area contributed by atoms with Crippen LogP contribution >= 0.6 is 0 Å². The smallest absolute Gasteiger partial charge is 0.369 e. The summed E-state index contributed by atoms with van der Waals surface area (Å²) in [5, 5.41) is 12.6. The number of rotatable bonds is 6. The largest absolute Gasteiger partial charge is 0.416 e. The first-order chi connectivity index (χ1) is 14.8. The summed E-state index contributed by atoms with van der Waals surface area (Å²) in [6, 6.07) is 7.94. The van der Waals surface area contributed by atoms with Gasteiger partial charge < -0.3 is 10.2 Å². The number of carbonyl (C=O) groups is 1. The van der Waals surface area contributed by atoms with Crippen molar-refractivity contribution in [3.63, 3.8) is 0 Å². The van der Waals surface area contributed by atoms with Crippen molar-refractivity contribution in [1.82, 2.24) is 10.2 Å². The van der Waals surface area contributed by atoms with Crippen LogP contribution in [0, 0.1) is 23.2 Å². The topological polar surface area (TPSA) is 59.4 Å². The van der Waals surface area contributed by atoms with Gasteiger partial charge in [0.1, 0.15) is 0 Å². The van der Waals surface area contributed by atoms with Gasteiger partial charge in [0.15, 0.2) is 0 Å². The first-order valence-corrected chi connectivity index (χ1v) is 11.1. The molecular weight excluding hydrogens is 405 g/mol. The van der Waals surface area contributed by atoms with Crippen molar-refractivity contribution in [2.75, 3.05) is 37.6 Å². The molecule has 170 valence electrons. The Hall–Kier alpha value is -2.27. The third-order valence-electron chi connectivity index (χ3n) is 6.59. The van der Waals surface area contributed by atoms with Gasteiger partial charge in [0.2, 0.25) is 5.91 Å². The molecule has 0 aromatic heterocycles. The van der Waals surface area contributed by atoms with Crippen molar-refractivity contribution in [3.8, 4) is 6.07 Å². The van der Waals surface area contributed by atoms with Crippen LogP contribution in [0.2, 0.25) is 0 Å². The molecule has 2 aliphatic rings. The number of nitriles is 1. The summed E-state index contributed by atoms with van der Waals surface area (Å²) in [7, 11) is 0. The maximum Gasteiger partial charge on any atom is 0.416 e. The molecule has 2 fully saturated rings. The zero-order valence-electron chi connectivity index (χ0n) is 18.0. The van der Waals surface area contributed by atoms with Gasteiger partial charge in [0.05, 0.1) is 17.6 Å². The highest BCUT2D eigenvalue weighted by atomic mass is 19.4. The maximum atomic E-state index is 12.7. The normalized spacial score (nSPS) is 25.1. The maximum absolute atomic E-state index is 12.7. The monoisotopic (exact) mass is 436 g/mol. The summed E-state index contributed by atoms with van der Waals surface area (Å²) in [5.41, 5.74) is 0.204. The minimum atomic E-state index is -4.31. The van der Waals surface area contributed by atoms with Gasteiger partial charge in [-0.2, -0.15) is 18.4 Å². The van der Waals surface area contributed by atoms with E-state index < -0.39 is 11.7 Å². The summed E-state index contributed by atoms with van der Waals surface area (Å²) < 4.78 is 38.2. The zero-order chi connectivity index (χ0) is 22.4. The molecule has 8 heteroatoms. The molecule has 5 nitrogen and oxygen atoms in total. The SMILES string of the molecule is CCC(=O)NC1CCC(CCN2CCN(c3ccc(C(F)(F)F)cc3)CC2)C(C#N)C1. The van der Waals surface area contributed by atoms with Gasteiger partial charge in [-0.05, 0) is 62.4 Å². The number of amides is 1. The van der Waals surface area contributed by atoms with Crippen LogP contribution in [0.25, 0.3) is 0 Å². The van der Waals surface area contributed by atoms with Crippen LogP contribution in [0.3, 0.4) is 0 Å². The van der Waals surface area contributed by atoms with Crippen molar-refractivity contribution in [1.29, 1.82) is 5.26 Å². The standard InChI is InChI=1S/C23H31F3N4O/c1-2-22(31)28-20-6-3-17(18(15-20)16-27)9-10-29-11-13-30(14-12-29)21-7-4-19(5-8-21)23(24,25)26/h4-5,7-8,17-18,20H,2-3,6,9-15H2,1H3,(H,28,31).